The summed E-state index contributed by atoms with van der Waals surface area (Å²) >= 11 is 0. The van der Waals surface area contributed by atoms with E-state index in [-0.39, 0.29) is 12.6 Å². The van der Waals surface area contributed by atoms with Crippen LogP contribution in [0.3, 0.4) is 0 Å². The Balaban J connectivity index is 1.75. The van der Waals surface area contributed by atoms with Crippen molar-refractivity contribution in [2.75, 3.05) is 32.9 Å². The summed E-state index contributed by atoms with van der Waals surface area (Å²) in [6.07, 6.45) is 0.976. The van der Waals surface area contributed by atoms with Crippen LogP contribution in [-0.4, -0.2) is 51.7 Å². The van der Waals surface area contributed by atoms with Crippen LogP contribution in [0.25, 0.3) is 0 Å². The Morgan fingerprint density at radius 2 is 2.08 bits per heavy atom. The molecule has 2 aliphatic heterocycles. The molecule has 0 aliphatic carbocycles. The summed E-state index contributed by atoms with van der Waals surface area (Å²) in [7, 11) is -3.53. The minimum Gasteiger partial charge on any atom is -0.494 e. The first-order valence-corrected chi connectivity index (χ1v) is 9.71. The van der Waals surface area contributed by atoms with E-state index in [4.69, 9.17) is 14.2 Å². The fourth-order valence-corrected chi connectivity index (χ4v) is 4.11. The molecule has 1 aromatic carbocycles. The van der Waals surface area contributed by atoms with Gasteiger partial charge < -0.3 is 14.2 Å². The molecule has 8 heteroatoms. The minimum atomic E-state index is -3.53. The second-order valence-electron chi connectivity index (χ2n) is 5.97. The first-order chi connectivity index (χ1) is 11.5. The fraction of sp³-hybridized carbons (Fsp3) is 0.625. The second-order valence-corrected chi connectivity index (χ2v) is 7.73. The van der Waals surface area contributed by atoms with E-state index in [9.17, 15) is 8.42 Å². The standard InChI is InChI=1S/C16H24N2O5S/c1-3-22-15-9-13-8-12(2)23-16(13)10-14(15)11-17-24(19,20)18-4-6-21-7-5-18/h9-10,12,17H,3-8,11H2,1-2H3. The summed E-state index contributed by atoms with van der Waals surface area (Å²) in [6.45, 7) is 6.22. The van der Waals surface area contributed by atoms with Crippen molar-refractivity contribution in [1.82, 2.24) is 9.03 Å². The lowest BCUT2D eigenvalue weighted by Gasteiger charge is -2.26. The fourth-order valence-electron chi connectivity index (χ4n) is 2.96. The topological polar surface area (TPSA) is 77.1 Å². The van der Waals surface area contributed by atoms with Crippen LogP contribution >= 0.6 is 0 Å². The molecule has 0 bridgehead atoms. The molecule has 2 aliphatic rings. The average Bonchev–Trinajstić information content (AvgIpc) is 2.93. The minimum absolute atomic E-state index is 0.134. The van der Waals surface area contributed by atoms with Crippen molar-refractivity contribution in [3.63, 3.8) is 0 Å². The van der Waals surface area contributed by atoms with E-state index in [1.54, 1.807) is 0 Å². The van der Waals surface area contributed by atoms with Gasteiger partial charge in [-0.05, 0) is 26.0 Å². The lowest BCUT2D eigenvalue weighted by molar-refractivity contribution is 0.0724. The number of benzene rings is 1. The van der Waals surface area contributed by atoms with Crippen LogP contribution in [0, 0.1) is 0 Å². The third-order valence-corrected chi connectivity index (χ3v) is 5.69. The van der Waals surface area contributed by atoms with Gasteiger partial charge in [0.05, 0.1) is 19.8 Å². The summed E-state index contributed by atoms with van der Waals surface area (Å²) in [6, 6.07) is 3.84. The number of nitrogens with one attached hydrogen (secondary N) is 1. The summed E-state index contributed by atoms with van der Waals surface area (Å²) in [5, 5.41) is 0. The van der Waals surface area contributed by atoms with Crippen molar-refractivity contribution < 1.29 is 22.6 Å². The average molecular weight is 356 g/mol. The second kappa shape index (κ2) is 7.26. The van der Waals surface area contributed by atoms with Gasteiger partial charge in [-0.15, -0.1) is 0 Å². The maximum atomic E-state index is 12.4. The van der Waals surface area contributed by atoms with E-state index >= 15 is 0 Å². The van der Waals surface area contributed by atoms with Crippen molar-refractivity contribution in [3.05, 3.63) is 23.3 Å². The lowest BCUT2D eigenvalue weighted by atomic mass is 10.1. The van der Waals surface area contributed by atoms with Gasteiger partial charge in [0.15, 0.2) is 0 Å². The summed E-state index contributed by atoms with van der Waals surface area (Å²) in [4.78, 5) is 0. The van der Waals surface area contributed by atoms with Gasteiger partial charge in [-0.3, -0.25) is 0 Å². The zero-order valence-electron chi connectivity index (χ0n) is 14.1. The largest absolute Gasteiger partial charge is 0.494 e. The molecule has 1 N–H and O–H groups in total. The van der Waals surface area contributed by atoms with E-state index in [2.05, 4.69) is 4.72 Å². The normalized spacial score (nSPS) is 21.3. The highest BCUT2D eigenvalue weighted by Crippen LogP contribution is 2.35. The van der Waals surface area contributed by atoms with Crippen molar-refractivity contribution >= 4 is 10.2 Å². The molecular formula is C16H24N2O5S. The number of morpholine rings is 1. The number of nitrogens with zero attached hydrogens (tertiary/aromatic N) is 1. The molecule has 1 unspecified atom stereocenters. The first-order valence-electron chi connectivity index (χ1n) is 8.27. The van der Waals surface area contributed by atoms with E-state index in [0.29, 0.717) is 38.7 Å². The molecule has 134 valence electrons. The Morgan fingerprint density at radius 3 is 2.79 bits per heavy atom. The number of fused-ring (bicyclic) bond motifs is 1. The molecule has 0 spiro atoms. The zero-order valence-corrected chi connectivity index (χ0v) is 14.9. The van der Waals surface area contributed by atoms with Crippen molar-refractivity contribution in [3.8, 4) is 11.5 Å². The molecule has 1 saturated heterocycles. The van der Waals surface area contributed by atoms with E-state index in [0.717, 1.165) is 23.3 Å². The Bertz CT molecular complexity index is 686. The third-order valence-electron chi connectivity index (χ3n) is 4.13. The van der Waals surface area contributed by atoms with Crippen LogP contribution in [0.5, 0.6) is 11.5 Å². The van der Waals surface area contributed by atoms with E-state index < -0.39 is 10.2 Å². The van der Waals surface area contributed by atoms with Gasteiger partial charge in [0.2, 0.25) is 0 Å². The van der Waals surface area contributed by atoms with Gasteiger partial charge in [0, 0.05) is 37.2 Å². The van der Waals surface area contributed by atoms with Gasteiger partial charge >= 0.3 is 0 Å². The number of rotatable bonds is 6. The third kappa shape index (κ3) is 3.83. The molecule has 3 rings (SSSR count). The van der Waals surface area contributed by atoms with Crippen molar-refractivity contribution in [2.45, 2.75) is 32.9 Å². The summed E-state index contributed by atoms with van der Waals surface area (Å²) in [5.41, 5.74) is 1.88. The smallest absolute Gasteiger partial charge is 0.279 e. The Morgan fingerprint density at radius 1 is 1.33 bits per heavy atom. The molecular weight excluding hydrogens is 332 g/mol. The zero-order chi connectivity index (χ0) is 17.2. The maximum absolute atomic E-state index is 12.4. The van der Waals surface area contributed by atoms with Crippen LogP contribution in [0.2, 0.25) is 0 Å². The van der Waals surface area contributed by atoms with E-state index in [1.165, 1.54) is 4.31 Å². The molecule has 0 saturated carbocycles. The number of hydrogen-bond donors (Lipinski definition) is 1. The molecule has 24 heavy (non-hydrogen) atoms. The molecule has 7 nitrogen and oxygen atoms in total. The molecule has 1 fully saturated rings. The highest BCUT2D eigenvalue weighted by Gasteiger charge is 2.26. The molecule has 0 radical (unpaired) electrons. The highest BCUT2D eigenvalue weighted by molar-refractivity contribution is 7.87. The number of hydrogen-bond acceptors (Lipinski definition) is 5. The number of ether oxygens (including phenoxy) is 3. The van der Waals surface area contributed by atoms with Crippen LogP contribution in [0.4, 0.5) is 0 Å². The Kier molecular flexibility index (Phi) is 5.29. The Hall–Kier alpha value is -1.35. The monoisotopic (exact) mass is 356 g/mol. The van der Waals surface area contributed by atoms with Crippen LogP contribution in [0.15, 0.2) is 12.1 Å². The quantitative estimate of drug-likeness (QED) is 0.825. The van der Waals surface area contributed by atoms with Crippen LogP contribution in [0.1, 0.15) is 25.0 Å². The molecule has 2 heterocycles. The predicted molar refractivity (Wildman–Crippen MR) is 89.6 cm³/mol. The lowest BCUT2D eigenvalue weighted by Crippen LogP contribution is -2.46. The molecule has 0 aromatic heterocycles. The van der Waals surface area contributed by atoms with Crippen LogP contribution in [-0.2, 0) is 27.9 Å². The van der Waals surface area contributed by atoms with Crippen molar-refractivity contribution in [1.29, 1.82) is 0 Å². The highest BCUT2D eigenvalue weighted by atomic mass is 32.2. The van der Waals surface area contributed by atoms with Gasteiger partial charge in [0.25, 0.3) is 10.2 Å². The van der Waals surface area contributed by atoms with Gasteiger partial charge in [-0.25, -0.2) is 0 Å². The van der Waals surface area contributed by atoms with E-state index in [1.807, 2.05) is 26.0 Å². The molecule has 1 aromatic rings. The Labute approximate surface area is 143 Å². The maximum Gasteiger partial charge on any atom is 0.279 e. The van der Waals surface area contributed by atoms with Gasteiger partial charge in [-0.2, -0.15) is 17.4 Å². The molecule has 1 atom stereocenters. The molecule has 0 amide bonds. The van der Waals surface area contributed by atoms with Crippen molar-refractivity contribution in [2.24, 2.45) is 0 Å². The first kappa shape index (κ1) is 17.5. The predicted octanol–water partition coefficient (Wildman–Crippen LogP) is 1.08. The summed E-state index contributed by atoms with van der Waals surface area (Å²) in [5.74, 6) is 1.52. The van der Waals surface area contributed by atoms with Gasteiger partial charge in [0.1, 0.15) is 17.6 Å². The SMILES string of the molecule is CCOc1cc2c(cc1CNS(=O)(=O)N1CCOCC1)OC(C)C2. The van der Waals surface area contributed by atoms with Gasteiger partial charge in [-0.1, -0.05) is 0 Å². The van der Waals surface area contributed by atoms with Crippen LogP contribution < -0.4 is 14.2 Å². The summed E-state index contributed by atoms with van der Waals surface area (Å²) < 4.78 is 45.5.